The number of benzene rings is 2. The Morgan fingerprint density at radius 1 is 1.21 bits per heavy atom. The van der Waals surface area contributed by atoms with Crippen molar-refractivity contribution in [3.8, 4) is 0 Å². The minimum Gasteiger partial charge on any atom is -0.268 e. The molecule has 120 valence electrons. The quantitative estimate of drug-likeness (QED) is 0.581. The van der Waals surface area contributed by atoms with Crippen LogP contribution in [0.3, 0.4) is 0 Å². The maximum absolute atomic E-state index is 12.2. The van der Waals surface area contributed by atoms with Crippen LogP contribution < -0.4 is 5.43 Å². The smallest absolute Gasteiger partial charge is 0.268 e. The van der Waals surface area contributed by atoms with Crippen molar-refractivity contribution >= 4 is 12.1 Å². The van der Waals surface area contributed by atoms with Gasteiger partial charge < -0.3 is 0 Å². The van der Waals surface area contributed by atoms with Gasteiger partial charge in [0, 0.05) is 18.0 Å². The van der Waals surface area contributed by atoms with E-state index >= 15 is 0 Å². The third-order valence-corrected chi connectivity index (χ3v) is 3.65. The minimum atomic E-state index is -0.234. The summed E-state index contributed by atoms with van der Waals surface area (Å²) in [6, 6.07) is 17.2. The van der Waals surface area contributed by atoms with Crippen molar-refractivity contribution in [2.75, 3.05) is 0 Å². The molecule has 0 spiro atoms. The first-order valence-electron chi connectivity index (χ1n) is 7.68. The lowest BCUT2D eigenvalue weighted by molar-refractivity contribution is 0.0955. The molecule has 2 aromatic carbocycles. The second-order valence-corrected chi connectivity index (χ2v) is 5.46. The zero-order chi connectivity index (χ0) is 16.8. The minimum absolute atomic E-state index is 0.234. The average molecular weight is 318 g/mol. The number of nitrogens with zero attached hydrogens (tertiary/aromatic N) is 3. The number of carbonyl (C=O) groups is 1. The molecule has 0 aliphatic heterocycles. The van der Waals surface area contributed by atoms with Crippen LogP contribution in [-0.4, -0.2) is 21.9 Å². The Hall–Kier alpha value is -3.21. The van der Waals surface area contributed by atoms with Crippen LogP contribution in [0.1, 0.15) is 27.0 Å². The first-order chi connectivity index (χ1) is 11.7. The molecule has 3 aromatic rings. The molecule has 0 saturated carbocycles. The monoisotopic (exact) mass is 318 g/mol. The molecular weight excluding hydrogens is 300 g/mol. The summed E-state index contributed by atoms with van der Waals surface area (Å²) in [5, 5.41) is 8.21. The van der Waals surface area contributed by atoms with E-state index in [0.29, 0.717) is 12.1 Å². The van der Waals surface area contributed by atoms with E-state index in [1.165, 1.54) is 0 Å². The molecule has 1 aromatic heterocycles. The van der Waals surface area contributed by atoms with E-state index in [2.05, 4.69) is 15.6 Å². The molecule has 3 rings (SSSR count). The average Bonchev–Trinajstić information content (AvgIpc) is 3.10. The largest absolute Gasteiger partial charge is 0.271 e. The third kappa shape index (κ3) is 3.95. The molecule has 1 N–H and O–H groups in total. The highest BCUT2D eigenvalue weighted by atomic mass is 16.2. The van der Waals surface area contributed by atoms with Crippen molar-refractivity contribution in [3.05, 3.63) is 89.2 Å². The van der Waals surface area contributed by atoms with Gasteiger partial charge in [-0.15, -0.1) is 0 Å². The number of nitrogens with one attached hydrogen (secondary N) is 1. The van der Waals surface area contributed by atoms with Gasteiger partial charge in [0.05, 0.1) is 12.8 Å². The Kier molecular flexibility index (Phi) is 4.81. The Bertz CT molecular complexity index is 853. The van der Waals surface area contributed by atoms with Crippen LogP contribution in [0.4, 0.5) is 0 Å². The fraction of sp³-hybridized carbons (Fsp3) is 0.105. The molecule has 5 heteroatoms. The molecule has 0 bridgehead atoms. The van der Waals surface area contributed by atoms with Crippen LogP contribution in [0.25, 0.3) is 0 Å². The summed E-state index contributed by atoms with van der Waals surface area (Å²) in [5.41, 5.74) is 6.23. The first kappa shape index (κ1) is 15.7. The predicted molar refractivity (Wildman–Crippen MR) is 94.0 cm³/mol. The number of rotatable bonds is 5. The third-order valence-electron chi connectivity index (χ3n) is 3.65. The van der Waals surface area contributed by atoms with Gasteiger partial charge in [-0.2, -0.15) is 10.2 Å². The summed E-state index contributed by atoms with van der Waals surface area (Å²) in [7, 11) is 0. The number of aromatic nitrogens is 2. The molecule has 5 nitrogen and oxygen atoms in total. The number of hydrogen-bond donors (Lipinski definition) is 1. The summed E-state index contributed by atoms with van der Waals surface area (Å²) in [4.78, 5) is 12.2. The van der Waals surface area contributed by atoms with E-state index in [0.717, 1.165) is 16.7 Å². The van der Waals surface area contributed by atoms with Gasteiger partial charge in [0.25, 0.3) is 5.91 Å². The zero-order valence-corrected chi connectivity index (χ0v) is 13.4. The Labute approximate surface area is 140 Å². The van der Waals surface area contributed by atoms with Crippen LogP contribution >= 0.6 is 0 Å². The van der Waals surface area contributed by atoms with Gasteiger partial charge in [-0.3, -0.25) is 9.48 Å². The lowest BCUT2D eigenvalue weighted by atomic mass is 10.1. The molecule has 0 fully saturated rings. The zero-order valence-electron chi connectivity index (χ0n) is 13.4. The van der Waals surface area contributed by atoms with E-state index in [1.54, 1.807) is 18.5 Å². The van der Waals surface area contributed by atoms with Gasteiger partial charge in [0.2, 0.25) is 0 Å². The molecule has 0 unspecified atom stereocenters. The standard InChI is InChI=1S/C19H18N4O/c1-15-6-2-3-8-18(15)13-20-22-19(24)17-9-4-7-16(12-17)14-23-11-5-10-21-23/h2-13H,14H2,1H3,(H,22,24)/b20-13-. The van der Waals surface area contributed by atoms with E-state index in [-0.39, 0.29) is 5.91 Å². The lowest BCUT2D eigenvalue weighted by Gasteiger charge is -2.05. The number of carbonyl (C=O) groups excluding carboxylic acids is 1. The van der Waals surface area contributed by atoms with Gasteiger partial charge in [-0.05, 0) is 41.8 Å². The fourth-order valence-corrected chi connectivity index (χ4v) is 2.35. The molecule has 1 amide bonds. The van der Waals surface area contributed by atoms with Crippen molar-refractivity contribution in [2.45, 2.75) is 13.5 Å². The molecule has 0 aliphatic rings. The van der Waals surface area contributed by atoms with Crippen LogP contribution in [0.5, 0.6) is 0 Å². The molecule has 0 saturated heterocycles. The van der Waals surface area contributed by atoms with Crippen molar-refractivity contribution < 1.29 is 4.79 Å². The second-order valence-electron chi connectivity index (χ2n) is 5.46. The van der Waals surface area contributed by atoms with Crippen LogP contribution in [0.15, 0.2) is 72.1 Å². The molecule has 0 atom stereocenters. The van der Waals surface area contributed by atoms with Gasteiger partial charge in [-0.1, -0.05) is 36.4 Å². The molecular formula is C19H18N4O. The summed E-state index contributed by atoms with van der Waals surface area (Å²) in [6.45, 7) is 2.63. The second kappa shape index (κ2) is 7.37. The molecule has 1 heterocycles. The van der Waals surface area contributed by atoms with E-state index in [9.17, 15) is 4.79 Å². The van der Waals surface area contributed by atoms with Gasteiger partial charge >= 0.3 is 0 Å². The first-order valence-corrected chi connectivity index (χ1v) is 7.68. The Morgan fingerprint density at radius 3 is 2.88 bits per heavy atom. The Balaban J connectivity index is 1.66. The summed E-state index contributed by atoms with van der Waals surface area (Å²) in [6.07, 6.45) is 5.27. The lowest BCUT2D eigenvalue weighted by Crippen LogP contribution is -2.18. The summed E-state index contributed by atoms with van der Waals surface area (Å²) >= 11 is 0. The topological polar surface area (TPSA) is 59.3 Å². The van der Waals surface area contributed by atoms with Crippen LogP contribution in [-0.2, 0) is 6.54 Å². The Morgan fingerprint density at radius 2 is 2.08 bits per heavy atom. The van der Waals surface area contributed by atoms with Crippen molar-refractivity contribution in [1.82, 2.24) is 15.2 Å². The highest BCUT2D eigenvalue weighted by Crippen LogP contribution is 2.07. The van der Waals surface area contributed by atoms with Crippen molar-refractivity contribution in [2.24, 2.45) is 5.10 Å². The molecule has 0 radical (unpaired) electrons. The number of aryl methyl sites for hydroxylation is 1. The van der Waals surface area contributed by atoms with E-state index < -0.39 is 0 Å². The van der Waals surface area contributed by atoms with Gasteiger partial charge in [-0.25, -0.2) is 5.43 Å². The predicted octanol–water partition coefficient (Wildman–Crippen LogP) is 3.00. The van der Waals surface area contributed by atoms with E-state index in [1.807, 2.05) is 66.3 Å². The highest BCUT2D eigenvalue weighted by Gasteiger charge is 2.05. The van der Waals surface area contributed by atoms with Crippen molar-refractivity contribution in [1.29, 1.82) is 0 Å². The maximum Gasteiger partial charge on any atom is 0.271 e. The van der Waals surface area contributed by atoms with E-state index in [4.69, 9.17) is 0 Å². The number of hydrazone groups is 1. The normalized spacial score (nSPS) is 10.9. The van der Waals surface area contributed by atoms with Gasteiger partial charge in [0.1, 0.15) is 0 Å². The van der Waals surface area contributed by atoms with Gasteiger partial charge in [0.15, 0.2) is 0 Å². The maximum atomic E-state index is 12.2. The van der Waals surface area contributed by atoms with Crippen LogP contribution in [0, 0.1) is 6.92 Å². The number of amides is 1. The molecule has 24 heavy (non-hydrogen) atoms. The number of hydrogen-bond acceptors (Lipinski definition) is 3. The summed E-state index contributed by atoms with van der Waals surface area (Å²) < 4.78 is 1.81. The van der Waals surface area contributed by atoms with Crippen molar-refractivity contribution in [3.63, 3.8) is 0 Å². The summed E-state index contributed by atoms with van der Waals surface area (Å²) in [5.74, 6) is -0.234. The molecule has 0 aliphatic carbocycles. The SMILES string of the molecule is Cc1ccccc1/C=N\NC(=O)c1cccc(Cn2cccn2)c1. The highest BCUT2D eigenvalue weighted by molar-refractivity contribution is 5.95. The fourth-order valence-electron chi connectivity index (χ4n) is 2.35. The van der Waals surface area contributed by atoms with Crippen LogP contribution in [0.2, 0.25) is 0 Å².